The zero-order valence-corrected chi connectivity index (χ0v) is 21.2. The van der Waals surface area contributed by atoms with Gasteiger partial charge in [-0.2, -0.15) is 0 Å². The van der Waals surface area contributed by atoms with Gasteiger partial charge in [-0.05, 0) is 59.7 Å². The molecule has 5 rings (SSSR count). The average molecular weight is 485 g/mol. The van der Waals surface area contributed by atoms with E-state index in [0.717, 1.165) is 11.7 Å². The zero-order chi connectivity index (χ0) is 26.0. The Hall–Kier alpha value is -4.13. The van der Waals surface area contributed by atoms with Crippen LogP contribution < -0.4 is 0 Å². The molecule has 0 saturated carbocycles. The van der Waals surface area contributed by atoms with Gasteiger partial charge in [-0.3, -0.25) is 4.79 Å². The second-order valence-corrected chi connectivity index (χ2v) is 10.9. The molecule has 0 unspecified atom stereocenters. The highest BCUT2D eigenvalue weighted by Crippen LogP contribution is 2.40. The third-order valence-corrected chi connectivity index (χ3v) is 5.90. The first-order valence-electron chi connectivity index (χ1n) is 11.8. The van der Waals surface area contributed by atoms with Crippen molar-refractivity contribution in [3.8, 4) is 0 Å². The van der Waals surface area contributed by atoms with E-state index >= 15 is 0 Å². The van der Waals surface area contributed by atoms with Crippen LogP contribution in [0, 0.1) is 0 Å². The van der Waals surface area contributed by atoms with Crippen molar-refractivity contribution >= 4 is 62.1 Å². The van der Waals surface area contributed by atoms with Crippen LogP contribution in [0.15, 0.2) is 54.6 Å². The molecule has 0 fully saturated rings. The van der Waals surface area contributed by atoms with Gasteiger partial charge in [0.2, 0.25) is 0 Å². The molecule has 0 bridgehead atoms. The van der Waals surface area contributed by atoms with E-state index in [1.165, 1.54) is 9.13 Å². The summed E-state index contributed by atoms with van der Waals surface area (Å²) in [7, 11) is 0. The zero-order valence-electron chi connectivity index (χ0n) is 21.2. The lowest BCUT2D eigenvalue weighted by atomic mass is 10.0. The molecule has 3 aromatic carbocycles. The number of para-hydroxylation sites is 2. The maximum atomic E-state index is 13.4. The van der Waals surface area contributed by atoms with Gasteiger partial charge in [-0.1, -0.05) is 36.4 Å². The van der Waals surface area contributed by atoms with Crippen LogP contribution in [-0.4, -0.2) is 38.8 Å². The first-order valence-corrected chi connectivity index (χ1v) is 11.8. The van der Waals surface area contributed by atoms with Crippen molar-refractivity contribution in [2.45, 2.75) is 52.7 Å². The summed E-state index contributed by atoms with van der Waals surface area (Å²) in [5.74, 6) is 0. The average Bonchev–Trinajstić information content (AvgIpc) is 3.28. The lowest BCUT2D eigenvalue weighted by Gasteiger charge is -2.21. The van der Waals surface area contributed by atoms with Gasteiger partial charge in [0.05, 0.1) is 22.1 Å². The summed E-state index contributed by atoms with van der Waals surface area (Å²) in [4.78, 5) is 39.6. The molecule has 0 spiro atoms. The summed E-state index contributed by atoms with van der Waals surface area (Å²) in [6.45, 7) is 10.8. The minimum atomic E-state index is -0.729. The molecule has 0 aliphatic rings. The maximum absolute atomic E-state index is 13.4. The number of carbonyl (C=O) groups excluding carboxylic acids is 3. The minimum Gasteiger partial charge on any atom is -0.443 e. The molecule has 0 aliphatic carbocycles. The molecule has 5 aromatic rings. The second kappa shape index (κ2) is 7.95. The molecule has 184 valence electrons. The molecule has 0 saturated heterocycles. The summed E-state index contributed by atoms with van der Waals surface area (Å²) in [6, 6.07) is 16.6. The van der Waals surface area contributed by atoms with E-state index in [9.17, 15) is 14.4 Å². The van der Waals surface area contributed by atoms with Gasteiger partial charge >= 0.3 is 12.2 Å². The first kappa shape index (κ1) is 23.6. The topological polar surface area (TPSA) is 79.5 Å². The lowest BCUT2D eigenvalue weighted by Crippen LogP contribution is -2.27. The molecule has 2 aromatic heterocycles. The molecule has 0 N–H and O–H groups in total. The van der Waals surface area contributed by atoms with Crippen LogP contribution in [0.5, 0.6) is 0 Å². The van der Waals surface area contributed by atoms with Crippen molar-refractivity contribution < 1.29 is 23.9 Å². The van der Waals surface area contributed by atoms with Gasteiger partial charge in [0.25, 0.3) is 0 Å². The predicted molar refractivity (Wildman–Crippen MR) is 141 cm³/mol. The fourth-order valence-electron chi connectivity index (χ4n) is 4.73. The SMILES string of the molecule is CC(C)(C)OC(=O)n1c2ccccc2c2c(C=O)c3c(cc21)c1ccccc1n3C(=O)OC(C)(C)C. The Balaban J connectivity index is 1.98. The van der Waals surface area contributed by atoms with Gasteiger partial charge in [0.15, 0.2) is 6.29 Å². The highest BCUT2D eigenvalue weighted by Gasteiger charge is 2.29. The summed E-state index contributed by atoms with van der Waals surface area (Å²) < 4.78 is 14.4. The van der Waals surface area contributed by atoms with Crippen molar-refractivity contribution in [3.63, 3.8) is 0 Å². The monoisotopic (exact) mass is 484 g/mol. The quantitative estimate of drug-likeness (QED) is 0.234. The number of ether oxygens (including phenoxy) is 2. The Labute approximate surface area is 208 Å². The van der Waals surface area contributed by atoms with Gasteiger partial charge in [0.1, 0.15) is 11.2 Å². The highest BCUT2D eigenvalue weighted by molar-refractivity contribution is 6.27. The molecule has 36 heavy (non-hydrogen) atoms. The highest BCUT2D eigenvalue weighted by atomic mass is 16.6. The number of carbonyl (C=O) groups is 3. The van der Waals surface area contributed by atoms with E-state index in [0.29, 0.717) is 43.8 Å². The molecule has 0 radical (unpaired) electrons. The van der Waals surface area contributed by atoms with E-state index in [1.807, 2.05) is 75.4 Å². The van der Waals surface area contributed by atoms with Gasteiger partial charge < -0.3 is 9.47 Å². The van der Waals surface area contributed by atoms with E-state index in [1.54, 1.807) is 20.8 Å². The molecule has 0 aliphatic heterocycles. The molecular weight excluding hydrogens is 456 g/mol. The smallest absolute Gasteiger partial charge is 0.419 e. The Morgan fingerprint density at radius 2 is 1.19 bits per heavy atom. The predicted octanol–water partition coefficient (Wildman–Crippen LogP) is 7.28. The van der Waals surface area contributed by atoms with Crippen LogP contribution in [-0.2, 0) is 9.47 Å². The molecule has 7 heteroatoms. The third-order valence-electron chi connectivity index (χ3n) is 5.90. The number of hydrogen-bond donors (Lipinski definition) is 0. The van der Waals surface area contributed by atoms with Crippen LogP contribution in [0.25, 0.3) is 43.6 Å². The standard InChI is InChI=1S/C29H28N2O5/c1-28(2,3)35-26(33)30-22-14-10-8-12-18(22)24-20(16-32)25-19(15-23(24)30)17-11-7-9-13-21(17)31(25)27(34)36-29(4,5)6/h7-16H,1-6H3. The van der Waals surface area contributed by atoms with Crippen molar-refractivity contribution in [2.75, 3.05) is 0 Å². The molecule has 7 nitrogen and oxygen atoms in total. The number of rotatable bonds is 1. The maximum Gasteiger partial charge on any atom is 0.419 e. The van der Waals surface area contributed by atoms with Crippen LogP contribution in [0.1, 0.15) is 51.9 Å². The fraction of sp³-hybridized carbons (Fsp3) is 0.276. The van der Waals surface area contributed by atoms with Gasteiger partial charge in [0, 0.05) is 27.1 Å². The van der Waals surface area contributed by atoms with Crippen molar-refractivity contribution in [3.05, 3.63) is 60.2 Å². The van der Waals surface area contributed by atoms with Gasteiger partial charge in [-0.25, -0.2) is 18.7 Å². The Morgan fingerprint density at radius 3 is 1.75 bits per heavy atom. The molecule has 0 atom stereocenters. The van der Waals surface area contributed by atoms with Crippen LogP contribution >= 0.6 is 0 Å². The first-order chi connectivity index (χ1) is 16.9. The molecule has 2 heterocycles. The number of aromatic nitrogens is 2. The van der Waals surface area contributed by atoms with Crippen molar-refractivity contribution in [1.29, 1.82) is 0 Å². The second-order valence-electron chi connectivity index (χ2n) is 10.9. The van der Waals surface area contributed by atoms with Crippen molar-refractivity contribution in [1.82, 2.24) is 9.13 Å². The number of nitrogens with zero attached hydrogens (tertiary/aromatic N) is 2. The Bertz CT molecular complexity index is 1700. The number of fused-ring (bicyclic) bond motifs is 6. The Morgan fingerprint density at radius 1 is 0.694 bits per heavy atom. The molecule has 0 amide bonds. The Kier molecular flexibility index (Phi) is 5.21. The minimum absolute atomic E-state index is 0.308. The number of benzene rings is 3. The van der Waals surface area contributed by atoms with Crippen LogP contribution in [0.3, 0.4) is 0 Å². The summed E-state index contributed by atoms with van der Waals surface area (Å²) in [6.07, 6.45) is -0.371. The normalized spacial score (nSPS) is 12.5. The third kappa shape index (κ3) is 3.71. The largest absolute Gasteiger partial charge is 0.443 e. The van der Waals surface area contributed by atoms with Crippen molar-refractivity contribution in [2.24, 2.45) is 0 Å². The van der Waals surface area contributed by atoms with Crippen LogP contribution in [0.2, 0.25) is 0 Å². The number of aldehydes is 1. The summed E-state index contributed by atoms with van der Waals surface area (Å²) >= 11 is 0. The lowest BCUT2D eigenvalue weighted by molar-refractivity contribution is 0.0539. The molecular formula is C29H28N2O5. The fourth-order valence-corrected chi connectivity index (χ4v) is 4.73. The summed E-state index contributed by atoms with van der Waals surface area (Å²) in [5.41, 5.74) is 1.08. The van der Waals surface area contributed by atoms with Crippen LogP contribution in [0.4, 0.5) is 9.59 Å². The van der Waals surface area contributed by atoms with E-state index in [-0.39, 0.29) is 0 Å². The van der Waals surface area contributed by atoms with E-state index in [4.69, 9.17) is 9.47 Å². The van der Waals surface area contributed by atoms with Gasteiger partial charge in [-0.15, -0.1) is 0 Å². The summed E-state index contributed by atoms with van der Waals surface area (Å²) in [5, 5.41) is 2.72. The number of hydrogen-bond acceptors (Lipinski definition) is 5. The van der Waals surface area contributed by atoms with E-state index < -0.39 is 23.4 Å². The van der Waals surface area contributed by atoms with E-state index in [2.05, 4.69) is 0 Å².